The monoisotopic (exact) mass is 392 g/mol. The molecule has 0 heterocycles. The largest absolute Gasteiger partial charge is 0.508 e. The number of carbonyl (C=O) groups excluding carboxylic acids is 1. The number of hydrogen-bond donors (Lipinski definition) is 3. The Labute approximate surface area is 159 Å². The Hall–Kier alpha value is -3.13. The van der Waals surface area contributed by atoms with Crippen molar-refractivity contribution in [2.24, 2.45) is 0 Å². The molecule has 8 nitrogen and oxygen atoms in total. The number of aliphatic carboxylic acids is 1. The van der Waals surface area contributed by atoms with Crippen LogP contribution in [0, 0.1) is 10.1 Å². The molecule has 3 N–H and O–H groups in total. The van der Waals surface area contributed by atoms with Crippen LogP contribution in [-0.2, 0) is 11.2 Å². The summed E-state index contributed by atoms with van der Waals surface area (Å²) in [6.45, 7) is 1.61. The normalized spacial score (nSPS) is 12.8. The Balaban J connectivity index is 2.34. The first-order valence-corrected chi connectivity index (χ1v) is 8.34. The van der Waals surface area contributed by atoms with E-state index in [4.69, 9.17) is 11.6 Å². The Morgan fingerprint density at radius 2 is 1.85 bits per heavy atom. The molecule has 2 aromatic carbocycles. The molecule has 142 valence electrons. The molecular formula is C18H17ClN2O6. The van der Waals surface area contributed by atoms with Crippen molar-refractivity contribution >= 4 is 29.2 Å². The Morgan fingerprint density at radius 3 is 2.37 bits per heavy atom. The number of carboxylic acids is 1. The molecule has 0 fully saturated rings. The third-order valence-corrected chi connectivity index (χ3v) is 4.53. The standard InChI is InChI=1S/C18H17ClN2O6/c1-2-18(17(24)25,10-11-3-6-13(22)7-4-11)20-16(23)12-5-8-14(19)15(9-12)21(26)27/h3-9,22H,2,10H2,1H3,(H,20,23)(H,24,25). The first-order chi connectivity index (χ1) is 12.7. The van der Waals surface area contributed by atoms with Crippen molar-refractivity contribution < 1.29 is 24.7 Å². The first kappa shape index (κ1) is 20.2. The maximum Gasteiger partial charge on any atom is 0.329 e. The van der Waals surface area contributed by atoms with Crippen molar-refractivity contribution in [1.82, 2.24) is 5.32 Å². The number of amides is 1. The fourth-order valence-corrected chi connectivity index (χ4v) is 2.77. The average molecular weight is 393 g/mol. The second-order valence-corrected chi connectivity index (χ2v) is 6.37. The van der Waals surface area contributed by atoms with Crippen molar-refractivity contribution in [3.63, 3.8) is 0 Å². The number of phenols is 1. The van der Waals surface area contributed by atoms with Crippen LogP contribution in [0.5, 0.6) is 5.75 Å². The predicted octanol–water partition coefficient (Wildman–Crippen LogP) is 3.16. The van der Waals surface area contributed by atoms with Gasteiger partial charge in [0.15, 0.2) is 0 Å². The molecule has 0 aliphatic carbocycles. The number of rotatable bonds is 7. The summed E-state index contributed by atoms with van der Waals surface area (Å²) in [6, 6.07) is 9.45. The number of halogens is 1. The van der Waals surface area contributed by atoms with Crippen LogP contribution in [0.25, 0.3) is 0 Å². The van der Waals surface area contributed by atoms with Crippen LogP contribution in [0.15, 0.2) is 42.5 Å². The summed E-state index contributed by atoms with van der Waals surface area (Å²) in [5.41, 5.74) is -1.54. The van der Waals surface area contributed by atoms with Gasteiger partial charge in [0.2, 0.25) is 0 Å². The maximum absolute atomic E-state index is 12.6. The van der Waals surface area contributed by atoms with E-state index in [1.54, 1.807) is 19.1 Å². The molecule has 0 bridgehead atoms. The molecule has 27 heavy (non-hydrogen) atoms. The van der Waals surface area contributed by atoms with E-state index in [2.05, 4.69) is 5.32 Å². The summed E-state index contributed by atoms with van der Waals surface area (Å²) in [5, 5.41) is 32.4. The third kappa shape index (κ3) is 4.53. The van der Waals surface area contributed by atoms with Crippen molar-refractivity contribution in [2.45, 2.75) is 25.3 Å². The van der Waals surface area contributed by atoms with Gasteiger partial charge in [0.1, 0.15) is 16.3 Å². The molecule has 9 heteroatoms. The molecule has 0 aliphatic heterocycles. The van der Waals surface area contributed by atoms with Gasteiger partial charge in [-0.05, 0) is 36.2 Å². The average Bonchev–Trinajstić information content (AvgIpc) is 2.62. The summed E-state index contributed by atoms with van der Waals surface area (Å²) in [5.74, 6) is -1.97. The Bertz CT molecular complexity index is 884. The second kappa shape index (κ2) is 8.05. The summed E-state index contributed by atoms with van der Waals surface area (Å²) in [4.78, 5) is 34.8. The van der Waals surface area contributed by atoms with Crippen LogP contribution < -0.4 is 5.32 Å². The number of carboxylic acid groups (broad SMARTS) is 1. The van der Waals surface area contributed by atoms with Crippen molar-refractivity contribution in [1.29, 1.82) is 0 Å². The zero-order valence-electron chi connectivity index (χ0n) is 14.3. The lowest BCUT2D eigenvalue weighted by Gasteiger charge is -2.29. The number of nitro groups is 1. The minimum absolute atomic E-state index is 0.0272. The lowest BCUT2D eigenvalue weighted by atomic mass is 9.87. The molecule has 2 rings (SSSR count). The SMILES string of the molecule is CCC(Cc1ccc(O)cc1)(NC(=O)c1ccc(Cl)c([N+](=O)[O-])c1)C(=O)O. The number of hydrogen-bond acceptors (Lipinski definition) is 5. The highest BCUT2D eigenvalue weighted by Crippen LogP contribution is 2.26. The van der Waals surface area contributed by atoms with Crippen molar-refractivity contribution in [3.05, 3.63) is 68.7 Å². The summed E-state index contributed by atoms with van der Waals surface area (Å²) >= 11 is 5.74. The number of nitrogens with zero attached hydrogens (tertiary/aromatic N) is 1. The van der Waals surface area contributed by atoms with Crippen LogP contribution in [-0.4, -0.2) is 32.6 Å². The van der Waals surface area contributed by atoms with Crippen molar-refractivity contribution in [2.75, 3.05) is 0 Å². The van der Waals surface area contributed by atoms with Gasteiger partial charge in [-0.2, -0.15) is 0 Å². The van der Waals surface area contributed by atoms with E-state index >= 15 is 0 Å². The van der Waals surface area contributed by atoms with Gasteiger partial charge in [-0.1, -0.05) is 30.7 Å². The van der Waals surface area contributed by atoms with Crippen molar-refractivity contribution in [3.8, 4) is 5.75 Å². The zero-order chi connectivity index (χ0) is 20.2. The highest BCUT2D eigenvalue weighted by atomic mass is 35.5. The number of phenolic OH excluding ortho intramolecular Hbond substituents is 1. The van der Waals surface area contributed by atoms with Gasteiger partial charge in [-0.15, -0.1) is 0 Å². The van der Waals surface area contributed by atoms with E-state index in [1.807, 2.05) is 0 Å². The van der Waals surface area contributed by atoms with Gasteiger partial charge < -0.3 is 15.5 Å². The lowest BCUT2D eigenvalue weighted by Crippen LogP contribution is -2.55. The van der Waals surface area contributed by atoms with Crippen LogP contribution in [0.2, 0.25) is 5.02 Å². The van der Waals surface area contributed by atoms with Crippen LogP contribution in [0.4, 0.5) is 5.69 Å². The molecule has 1 atom stereocenters. The number of nitro benzene ring substituents is 1. The Kier molecular flexibility index (Phi) is 6.02. The van der Waals surface area contributed by atoms with Gasteiger partial charge in [0.05, 0.1) is 4.92 Å². The minimum Gasteiger partial charge on any atom is -0.508 e. The first-order valence-electron chi connectivity index (χ1n) is 7.96. The van der Waals surface area contributed by atoms with Gasteiger partial charge in [0.25, 0.3) is 11.6 Å². The topological polar surface area (TPSA) is 130 Å². The maximum atomic E-state index is 12.6. The molecule has 0 aliphatic rings. The second-order valence-electron chi connectivity index (χ2n) is 5.96. The zero-order valence-corrected chi connectivity index (χ0v) is 15.1. The van der Waals surface area contributed by atoms with Crippen LogP contribution in [0.1, 0.15) is 29.3 Å². The molecule has 0 aromatic heterocycles. The molecule has 2 aromatic rings. The number of carbonyl (C=O) groups is 2. The third-order valence-electron chi connectivity index (χ3n) is 4.21. The molecule has 0 saturated heterocycles. The molecule has 0 radical (unpaired) electrons. The smallest absolute Gasteiger partial charge is 0.329 e. The molecule has 0 spiro atoms. The van der Waals surface area contributed by atoms with Gasteiger partial charge >= 0.3 is 5.97 Å². The summed E-state index contributed by atoms with van der Waals surface area (Å²) in [6.07, 6.45) is 0.0468. The molecule has 1 unspecified atom stereocenters. The van der Waals surface area contributed by atoms with Crippen LogP contribution >= 0.6 is 11.6 Å². The van der Waals surface area contributed by atoms with E-state index in [-0.39, 0.29) is 29.2 Å². The van der Waals surface area contributed by atoms with Gasteiger partial charge in [-0.25, -0.2) is 4.79 Å². The van der Waals surface area contributed by atoms with Crippen LogP contribution in [0.3, 0.4) is 0 Å². The highest BCUT2D eigenvalue weighted by Gasteiger charge is 2.39. The summed E-state index contributed by atoms with van der Waals surface area (Å²) in [7, 11) is 0. The molecule has 1 amide bonds. The van der Waals surface area contributed by atoms with Gasteiger partial charge in [-0.3, -0.25) is 14.9 Å². The van der Waals surface area contributed by atoms with E-state index in [1.165, 1.54) is 24.3 Å². The fraction of sp³-hybridized carbons (Fsp3) is 0.222. The Morgan fingerprint density at radius 1 is 1.22 bits per heavy atom. The number of benzene rings is 2. The van der Waals surface area contributed by atoms with E-state index in [9.17, 15) is 29.9 Å². The van der Waals surface area contributed by atoms with E-state index in [0.717, 1.165) is 6.07 Å². The lowest BCUT2D eigenvalue weighted by molar-refractivity contribution is -0.384. The minimum atomic E-state index is -1.62. The number of aromatic hydroxyl groups is 1. The molecule has 0 saturated carbocycles. The number of nitrogens with one attached hydrogen (secondary N) is 1. The predicted molar refractivity (Wildman–Crippen MR) is 98.0 cm³/mol. The fourth-order valence-electron chi connectivity index (χ4n) is 2.58. The molecular weight excluding hydrogens is 376 g/mol. The van der Waals surface area contributed by atoms with E-state index < -0.39 is 28.0 Å². The highest BCUT2D eigenvalue weighted by molar-refractivity contribution is 6.32. The summed E-state index contributed by atoms with van der Waals surface area (Å²) < 4.78 is 0. The quantitative estimate of drug-likeness (QED) is 0.490. The van der Waals surface area contributed by atoms with Gasteiger partial charge in [0, 0.05) is 18.1 Å². The van der Waals surface area contributed by atoms with E-state index in [0.29, 0.717) is 5.56 Å².